The number of hydrogen-bond donors (Lipinski definition) is 2. The molecular formula is C9H14BrN3O. The Hall–Kier alpha value is -0.840. The van der Waals surface area contributed by atoms with Crippen LogP contribution >= 0.6 is 15.9 Å². The van der Waals surface area contributed by atoms with Crippen LogP contribution in [0.25, 0.3) is 0 Å². The second kappa shape index (κ2) is 4.13. The van der Waals surface area contributed by atoms with E-state index in [1.54, 1.807) is 6.20 Å². The maximum absolute atomic E-state index is 11.6. The van der Waals surface area contributed by atoms with Gasteiger partial charge in [0.25, 0.3) is 5.91 Å². The first-order chi connectivity index (χ1) is 6.43. The smallest absolute Gasteiger partial charge is 0.254 e. The molecule has 0 aliphatic rings. The minimum atomic E-state index is -0.283. The minimum absolute atomic E-state index is 0.116. The maximum Gasteiger partial charge on any atom is 0.254 e. The van der Waals surface area contributed by atoms with Crippen molar-refractivity contribution in [3.8, 4) is 0 Å². The van der Waals surface area contributed by atoms with Crippen LogP contribution in [0, 0.1) is 0 Å². The van der Waals surface area contributed by atoms with Crippen molar-refractivity contribution < 1.29 is 4.79 Å². The van der Waals surface area contributed by atoms with Crippen molar-refractivity contribution in [2.24, 2.45) is 0 Å². The van der Waals surface area contributed by atoms with Gasteiger partial charge in [-0.2, -0.15) is 5.10 Å². The van der Waals surface area contributed by atoms with Gasteiger partial charge in [0.2, 0.25) is 0 Å². The molecule has 5 heteroatoms. The molecule has 0 saturated heterocycles. The van der Waals surface area contributed by atoms with E-state index in [9.17, 15) is 4.79 Å². The molecule has 0 bridgehead atoms. The Morgan fingerprint density at radius 1 is 1.71 bits per heavy atom. The van der Waals surface area contributed by atoms with Crippen molar-refractivity contribution in [2.45, 2.75) is 31.1 Å². The molecule has 0 aliphatic heterocycles. The molecule has 4 nitrogen and oxygen atoms in total. The molecule has 0 spiro atoms. The lowest BCUT2D eigenvalue weighted by Gasteiger charge is -2.28. The second-order valence-electron chi connectivity index (χ2n) is 3.78. The number of alkyl halides is 1. The van der Waals surface area contributed by atoms with Gasteiger partial charge in [0, 0.05) is 16.6 Å². The number of aromatic nitrogens is 2. The normalized spacial score (nSPS) is 13.7. The number of hydrogen-bond acceptors (Lipinski definition) is 2. The number of aromatic amines is 1. The highest BCUT2D eigenvalue weighted by Crippen LogP contribution is 2.17. The van der Waals surface area contributed by atoms with Crippen LogP contribution < -0.4 is 5.32 Å². The molecule has 0 radical (unpaired) electrons. The fourth-order valence-corrected chi connectivity index (χ4v) is 0.954. The van der Waals surface area contributed by atoms with Crippen LogP contribution in [0.15, 0.2) is 12.4 Å². The molecule has 0 aromatic carbocycles. The zero-order valence-corrected chi connectivity index (χ0v) is 10.1. The highest BCUT2D eigenvalue weighted by molar-refractivity contribution is 9.09. The zero-order chi connectivity index (χ0) is 10.8. The summed E-state index contributed by atoms with van der Waals surface area (Å²) in [5, 5.41) is 9.24. The number of rotatable bonds is 3. The fourth-order valence-electron chi connectivity index (χ4n) is 0.839. The molecule has 0 saturated carbocycles. The molecule has 1 amide bonds. The van der Waals surface area contributed by atoms with Crippen molar-refractivity contribution in [3.05, 3.63) is 18.0 Å². The number of amides is 1. The van der Waals surface area contributed by atoms with E-state index in [4.69, 9.17) is 0 Å². The first kappa shape index (κ1) is 11.2. The number of carbonyl (C=O) groups excluding carboxylic acids is 1. The number of nitrogens with one attached hydrogen (secondary N) is 2. The van der Waals surface area contributed by atoms with Crippen molar-refractivity contribution in [1.29, 1.82) is 0 Å². The van der Waals surface area contributed by atoms with Gasteiger partial charge < -0.3 is 5.32 Å². The van der Waals surface area contributed by atoms with E-state index in [0.717, 1.165) is 0 Å². The molecule has 2 N–H and O–H groups in total. The third kappa shape index (κ3) is 2.57. The molecule has 1 heterocycles. The van der Waals surface area contributed by atoms with Gasteiger partial charge >= 0.3 is 0 Å². The maximum atomic E-state index is 11.6. The summed E-state index contributed by atoms with van der Waals surface area (Å²) in [6.45, 7) is 5.92. The van der Waals surface area contributed by atoms with E-state index in [2.05, 4.69) is 31.4 Å². The second-order valence-corrected chi connectivity index (χ2v) is 5.15. The monoisotopic (exact) mass is 259 g/mol. The third-order valence-corrected chi connectivity index (χ3v) is 3.34. The van der Waals surface area contributed by atoms with Gasteiger partial charge in [0.15, 0.2) is 0 Å². The predicted octanol–water partition coefficient (Wildman–Crippen LogP) is 1.70. The Morgan fingerprint density at radius 3 is 2.79 bits per heavy atom. The van der Waals surface area contributed by atoms with Gasteiger partial charge in [-0.1, -0.05) is 22.9 Å². The van der Waals surface area contributed by atoms with Crippen LogP contribution in [-0.4, -0.2) is 26.5 Å². The Morgan fingerprint density at radius 2 is 2.36 bits per heavy atom. The minimum Gasteiger partial charge on any atom is -0.346 e. The Labute approximate surface area is 91.6 Å². The van der Waals surface area contributed by atoms with Crippen LogP contribution in [0.3, 0.4) is 0 Å². The SMILES string of the molecule is CC(Br)C(C)(C)NC(=O)c1cn[nH]c1. The molecule has 0 fully saturated rings. The van der Waals surface area contributed by atoms with E-state index in [1.807, 2.05) is 20.8 Å². The number of halogens is 1. The predicted molar refractivity (Wildman–Crippen MR) is 58.5 cm³/mol. The van der Waals surface area contributed by atoms with Crippen LogP contribution in [0.5, 0.6) is 0 Å². The summed E-state index contributed by atoms with van der Waals surface area (Å²) in [5.41, 5.74) is 0.264. The summed E-state index contributed by atoms with van der Waals surface area (Å²) in [6.07, 6.45) is 3.08. The standard InChI is InChI=1S/C9H14BrN3O/c1-6(10)9(2,3)13-8(14)7-4-11-12-5-7/h4-6H,1-3H3,(H,11,12)(H,13,14). The van der Waals surface area contributed by atoms with E-state index in [-0.39, 0.29) is 16.3 Å². The molecule has 14 heavy (non-hydrogen) atoms. The van der Waals surface area contributed by atoms with Gasteiger partial charge in [-0.25, -0.2) is 0 Å². The summed E-state index contributed by atoms with van der Waals surface area (Å²) in [6, 6.07) is 0. The highest BCUT2D eigenvalue weighted by Gasteiger charge is 2.26. The largest absolute Gasteiger partial charge is 0.346 e. The number of H-pyrrole nitrogens is 1. The molecule has 78 valence electrons. The van der Waals surface area contributed by atoms with Crippen LogP contribution in [0.2, 0.25) is 0 Å². The third-order valence-electron chi connectivity index (χ3n) is 2.19. The van der Waals surface area contributed by atoms with Crippen molar-refractivity contribution in [2.75, 3.05) is 0 Å². The summed E-state index contributed by atoms with van der Waals surface area (Å²) >= 11 is 3.45. The lowest BCUT2D eigenvalue weighted by Crippen LogP contribution is -2.48. The average Bonchev–Trinajstić information content (AvgIpc) is 2.54. The van der Waals surface area contributed by atoms with Crippen LogP contribution in [0.4, 0.5) is 0 Å². The van der Waals surface area contributed by atoms with E-state index in [0.29, 0.717) is 5.56 Å². The quantitative estimate of drug-likeness (QED) is 0.813. The Bertz CT molecular complexity index is 306. The summed E-state index contributed by atoms with van der Waals surface area (Å²) < 4.78 is 0. The molecule has 1 rings (SSSR count). The summed E-state index contributed by atoms with van der Waals surface area (Å²) in [7, 11) is 0. The summed E-state index contributed by atoms with van der Waals surface area (Å²) in [4.78, 5) is 11.8. The number of carbonyl (C=O) groups is 1. The van der Waals surface area contributed by atoms with Crippen molar-refractivity contribution in [3.63, 3.8) is 0 Å². The van der Waals surface area contributed by atoms with Crippen LogP contribution in [-0.2, 0) is 0 Å². The Balaban J connectivity index is 2.66. The van der Waals surface area contributed by atoms with Crippen molar-refractivity contribution >= 4 is 21.8 Å². The fraction of sp³-hybridized carbons (Fsp3) is 0.556. The van der Waals surface area contributed by atoms with E-state index in [1.165, 1.54) is 6.20 Å². The van der Waals surface area contributed by atoms with Crippen molar-refractivity contribution in [1.82, 2.24) is 15.5 Å². The first-order valence-electron chi connectivity index (χ1n) is 4.39. The van der Waals surface area contributed by atoms with E-state index >= 15 is 0 Å². The highest BCUT2D eigenvalue weighted by atomic mass is 79.9. The number of nitrogens with zero attached hydrogens (tertiary/aromatic N) is 1. The summed E-state index contributed by atoms with van der Waals surface area (Å²) in [5.74, 6) is -0.116. The molecular weight excluding hydrogens is 246 g/mol. The molecule has 1 aromatic heterocycles. The van der Waals surface area contributed by atoms with Gasteiger partial charge in [0.05, 0.1) is 11.8 Å². The molecule has 1 atom stereocenters. The first-order valence-corrected chi connectivity index (χ1v) is 5.30. The molecule has 0 aliphatic carbocycles. The topological polar surface area (TPSA) is 57.8 Å². The van der Waals surface area contributed by atoms with Crippen LogP contribution in [0.1, 0.15) is 31.1 Å². The Kier molecular flexibility index (Phi) is 3.31. The zero-order valence-electron chi connectivity index (χ0n) is 8.47. The molecule has 1 aromatic rings. The molecule has 1 unspecified atom stereocenters. The lowest BCUT2D eigenvalue weighted by molar-refractivity contribution is 0.0914. The van der Waals surface area contributed by atoms with Gasteiger partial charge in [-0.3, -0.25) is 9.89 Å². The van der Waals surface area contributed by atoms with E-state index < -0.39 is 0 Å². The average molecular weight is 260 g/mol. The van der Waals surface area contributed by atoms with Gasteiger partial charge in [-0.05, 0) is 13.8 Å². The van der Waals surface area contributed by atoms with Gasteiger partial charge in [0.1, 0.15) is 0 Å². The van der Waals surface area contributed by atoms with Gasteiger partial charge in [-0.15, -0.1) is 0 Å². The lowest BCUT2D eigenvalue weighted by atomic mass is 10.0.